The molecule has 0 unspecified atom stereocenters. The Morgan fingerprint density at radius 2 is 1.80 bits per heavy atom. The average Bonchev–Trinajstić information content (AvgIpc) is 2.16. The molecule has 15 heavy (non-hydrogen) atoms. The van der Waals surface area contributed by atoms with Crippen molar-refractivity contribution >= 4 is 12.4 Å². The van der Waals surface area contributed by atoms with Gasteiger partial charge in [0.05, 0.1) is 19.8 Å². The van der Waals surface area contributed by atoms with Gasteiger partial charge in [-0.25, -0.2) is 0 Å². The average molecular weight is 232 g/mol. The highest BCUT2D eigenvalue weighted by Crippen LogP contribution is 2.26. The van der Waals surface area contributed by atoms with Crippen LogP contribution in [0.3, 0.4) is 0 Å². The van der Waals surface area contributed by atoms with Crippen molar-refractivity contribution in [2.75, 3.05) is 13.7 Å². The summed E-state index contributed by atoms with van der Waals surface area (Å²) in [6.45, 7) is 3.91. The van der Waals surface area contributed by atoms with Crippen molar-refractivity contribution < 1.29 is 9.84 Å². The Morgan fingerprint density at radius 3 is 2.13 bits per heavy atom. The Hall–Kier alpha value is -0.770. The predicted octanol–water partition coefficient (Wildman–Crippen LogP) is 1.73. The first-order chi connectivity index (χ1) is 6.60. The molecule has 0 radical (unpaired) electrons. The summed E-state index contributed by atoms with van der Waals surface area (Å²) in [6, 6.07) is 3.60. The molecule has 3 nitrogen and oxygen atoms in total. The van der Waals surface area contributed by atoms with Gasteiger partial charge < -0.3 is 15.6 Å². The van der Waals surface area contributed by atoms with Crippen molar-refractivity contribution in [2.45, 2.75) is 19.9 Å². The normalized spacial score (nSPS) is 11.8. The van der Waals surface area contributed by atoms with E-state index in [9.17, 15) is 0 Å². The third-order valence-electron chi connectivity index (χ3n) is 2.31. The van der Waals surface area contributed by atoms with Gasteiger partial charge >= 0.3 is 0 Å². The van der Waals surface area contributed by atoms with Crippen molar-refractivity contribution in [2.24, 2.45) is 5.73 Å². The van der Waals surface area contributed by atoms with Crippen LogP contribution in [-0.4, -0.2) is 18.8 Å². The fourth-order valence-electron chi connectivity index (χ4n) is 1.63. The highest BCUT2D eigenvalue weighted by Gasteiger charge is 2.09. The van der Waals surface area contributed by atoms with Gasteiger partial charge in [0.25, 0.3) is 0 Å². The van der Waals surface area contributed by atoms with E-state index < -0.39 is 0 Å². The van der Waals surface area contributed by atoms with Crippen LogP contribution in [0.5, 0.6) is 5.75 Å². The van der Waals surface area contributed by atoms with E-state index in [1.165, 1.54) is 0 Å². The number of ether oxygens (including phenoxy) is 1. The van der Waals surface area contributed by atoms with Crippen molar-refractivity contribution in [1.29, 1.82) is 0 Å². The second kappa shape index (κ2) is 5.95. The first kappa shape index (κ1) is 14.2. The van der Waals surface area contributed by atoms with Crippen molar-refractivity contribution in [3.8, 4) is 5.75 Å². The van der Waals surface area contributed by atoms with Gasteiger partial charge in [0.1, 0.15) is 5.75 Å². The van der Waals surface area contributed by atoms with Gasteiger partial charge in [-0.3, -0.25) is 0 Å². The van der Waals surface area contributed by atoms with E-state index in [4.69, 9.17) is 15.6 Å². The number of hydrogen-bond acceptors (Lipinski definition) is 3. The minimum absolute atomic E-state index is 0. The molecule has 1 aromatic rings. The van der Waals surface area contributed by atoms with E-state index in [2.05, 4.69) is 0 Å². The maximum Gasteiger partial charge on any atom is 0.124 e. The lowest BCUT2D eigenvalue weighted by Gasteiger charge is -2.14. The zero-order chi connectivity index (χ0) is 10.7. The summed E-state index contributed by atoms with van der Waals surface area (Å²) in [7, 11) is 1.65. The van der Waals surface area contributed by atoms with Gasteiger partial charge in [-0.1, -0.05) is 12.1 Å². The molecule has 3 N–H and O–H groups in total. The van der Waals surface area contributed by atoms with Gasteiger partial charge in [0.2, 0.25) is 0 Å². The first-order valence-corrected chi connectivity index (χ1v) is 4.61. The van der Waals surface area contributed by atoms with Crippen LogP contribution in [0.4, 0.5) is 0 Å². The van der Waals surface area contributed by atoms with Gasteiger partial charge in [-0.2, -0.15) is 0 Å². The van der Waals surface area contributed by atoms with Crippen molar-refractivity contribution in [1.82, 2.24) is 0 Å². The second-order valence-corrected chi connectivity index (χ2v) is 3.48. The molecule has 1 aromatic carbocycles. The fourth-order valence-corrected chi connectivity index (χ4v) is 1.63. The number of nitrogens with two attached hydrogens (primary N) is 1. The Morgan fingerprint density at radius 1 is 1.33 bits per heavy atom. The number of halogens is 1. The maximum atomic E-state index is 8.94. The largest absolute Gasteiger partial charge is 0.496 e. The Kier molecular flexibility index (Phi) is 5.65. The molecule has 0 spiro atoms. The third-order valence-corrected chi connectivity index (χ3v) is 2.31. The molecule has 0 bridgehead atoms. The van der Waals surface area contributed by atoms with Gasteiger partial charge in [-0.05, 0) is 30.5 Å². The molecule has 0 saturated carbocycles. The van der Waals surface area contributed by atoms with Crippen LogP contribution < -0.4 is 10.5 Å². The summed E-state index contributed by atoms with van der Waals surface area (Å²) in [5.74, 6) is 0.888. The van der Waals surface area contributed by atoms with Crippen LogP contribution in [-0.2, 0) is 0 Å². The van der Waals surface area contributed by atoms with Crippen LogP contribution in [0.15, 0.2) is 12.1 Å². The predicted molar refractivity (Wildman–Crippen MR) is 63.7 cm³/mol. The third kappa shape index (κ3) is 3.09. The molecule has 0 aliphatic heterocycles. The van der Waals surface area contributed by atoms with Crippen LogP contribution in [0, 0.1) is 13.8 Å². The SMILES string of the molecule is COc1c(C)cc([C@H](N)CO)cc1C.Cl. The lowest BCUT2D eigenvalue weighted by molar-refractivity contribution is 0.268. The van der Waals surface area contributed by atoms with E-state index in [1.807, 2.05) is 26.0 Å². The molecule has 1 rings (SSSR count). The van der Waals surface area contributed by atoms with E-state index >= 15 is 0 Å². The molecule has 0 heterocycles. The van der Waals surface area contributed by atoms with Gasteiger partial charge in [-0.15, -0.1) is 12.4 Å². The number of rotatable bonds is 3. The van der Waals surface area contributed by atoms with Gasteiger partial charge in [0, 0.05) is 0 Å². The molecule has 0 aromatic heterocycles. The molecular formula is C11H18ClNO2. The standard InChI is InChI=1S/C11H17NO2.ClH/c1-7-4-9(10(12)6-13)5-8(2)11(7)14-3;/h4-5,10,13H,6,12H2,1-3H3;1H/t10-;/m1./s1. The minimum Gasteiger partial charge on any atom is -0.496 e. The summed E-state index contributed by atoms with van der Waals surface area (Å²) in [4.78, 5) is 0. The summed E-state index contributed by atoms with van der Waals surface area (Å²) in [6.07, 6.45) is 0. The topological polar surface area (TPSA) is 55.5 Å². The fraction of sp³-hybridized carbons (Fsp3) is 0.455. The van der Waals surface area contributed by atoms with Crippen LogP contribution in [0.25, 0.3) is 0 Å². The highest BCUT2D eigenvalue weighted by molar-refractivity contribution is 5.85. The Labute approximate surface area is 96.7 Å². The van der Waals surface area contributed by atoms with Gasteiger partial charge in [0.15, 0.2) is 0 Å². The number of aliphatic hydroxyl groups is 1. The van der Waals surface area contributed by atoms with E-state index in [0.717, 1.165) is 22.4 Å². The summed E-state index contributed by atoms with van der Waals surface area (Å²) in [5, 5.41) is 8.94. The highest BCUT2D eigenvalue weighted by atomic mass is 35.5. The number of benzene rings is 1. The van der Waals surface area contributed by atoms with Crippen molar-refractivity contribution in [3.05, 3.63) is 28.8 Å². The summed E-state index contributed by atoms with van der Waals surface area (Å²) in [5.41, 5.74) is 8.78. The van der Waals surface area contributed by atoms with Crippen LogP contribution >= 0.6 is 12.4 Å². The molecule has 0 amide bonds. The lowest BCUT2D eigenvalue weighted by atomic mass is 10.0. The number of methoxy groups -OCH3 is 1. The maximum absolute atomic E-state index is 8.94. The zero-order valence-corrected chi connectivity index (χ0v) is 10.1. The van der Waals surface area contributed by atoms with E-state index in [-0.39, 0.29) is 25.1 Å². The lowest BCUT2D eigenvalue weighted by Crippen LogP contribution is -2.15. The van der Waals surface area contributed by atoms with Crippen molar-refractivity contribution in [3.63, 3.8) is 0 Å². The summed E-state index contributed by atoms with van der Waals surface area (Å²) >= 11 is 0. The van der Waals surface area contributed by atoms with E-state index in [0.29, 0.717) is 0 Å². The van der Waals surface area contributed by atoms with Crippen LogP contribution in [0.2, 0.25) is 0 Å². The molecule has 4 heteroatoms. The minimum atomic E-state index is -0.307. The molecule has 0 fully saturated rings. The van der Waals surface area contributed by atoms with Crippen LogP contribution in [0.1, 0.15) is 22.7 Å². The molecule has 0 aliphatic carbocycles. The molecule has 0 saturated heterocycles. The monoisotopic (exact) mass is 231 g/mol. The molecule has 1 atom stereocenters. The molecule has 0 aliphatic rings. The smallest absolute Gasteiger partial charge is 0.124 e. The Balaban J connectivity index is 0.00000196. The number of aryl methyl sites for hydroxylation is 2. The quantitative estimate of drug-likeness (QED) is 0.833. The summed E-state index contributed by atoms with van der Waals surface area (Å²) < 4.78 is 5.24. The number of hydrogen-bond donors (Lipinski definition) is 2. The second-order valence-electron chi connectivity index (χ2n) is 3.48. The zero-order valence-electron chi connectivity index (χ0n) is 9.28. The molecule has 86 valence electrons. The number of aliphatic hydroxyl groups excluding tert-OH is 1. The molecular weight excluding hydrogens is 214 g/mol. The van der Waals surface area contributed by atoms with E-state index in [1.54, 1.807) is 7.11 Å². The first-order valence-electron chi connectivity index (χ1n) is 4.61. The Bertz CT molecular complexity index is 305.